The summed E-state index contributed by atoms with van der Waals surface area (Å²) in [7, 11) is 0. The van der Waals surface area contributed by atoms with E-state index in [1.807, 2.05) is 0 Å². The fourth-order valence-electron chi connectivity index (χ4n) is 3.49. The van der Waals surface area contributed by atoms with Crippen LogP contribution in [0.25, 0.3) is 6.08 Å². The number of aromatic carboxylic acids is 1. The molecule has 0 saturated carbocycles. The van der Waals surface area contributed by atoms with Gasteiger partial charge in [0.15, 0.2) is 0 Å². The zero-order valence-electron chi connectivity index (χ0n) is 18.7. The summed E-state index contributed by atoms with van der Waals surface area (Å²) in [5.41, 5.74) is 1.99. The van der Waals surface area contributed by atoms with Crippen molar-refractivity contribution in [2.24, 2.45) is 0 Å². The van der Waals surface area contributed by atoms with Crippen molar-refractivity contribution < 1.29 is 29.0 Å². The van der Waals surface area contributed by atoms with Crippen LogP contribution in [-0.4, -0.2) is 28.9 Å². The number of nitrogens with zero attached hydrogens (tertiary/aromatic N) is 1. The van der Waals surface area contributed by atoms with Gasteiger partial charge in [0.1, 0.15) is 17.9 Å². The molecule has 3 aromatic rings. The van der Waals surface area contributed by atoms with Crippen molar-refractivity contribution in [1.29, 1.82) is 0 Å². The Kier molecular flexibility index (Phi) is 7.10. The number of amides is 4. The first-order valence-electron chi connectivity index (χ1n) is 10.6. The van der Waals surface area contributed by atoms with Crippen LogP contribution in [0, 0.1) is 6.92 Å². The van der Waals surface area contributed by atoms with Crippen molar-refractivity contribution in [1.82, 2.24) is 5.32 Å². The lowest BCUT2D eigenvalue weighted by Crippen LogP contribution is -2.54. The highest BCUT2D eigenvalue weighted by Gasteiger charge is 2.37. The normalized spacial score (nSPS) is 14.7. The van der Waals surface area contributed by atoms with Crippen molar-refractivity contribution in [2.75, 3.05) is 4.90 Å². The average molecular weight is 525 g/mol. The standard InChI is InChI=1S/C26H18Cl2N2O6/c1-14-2-8-18(27)12-21(14)30-24(32)19(23(31)29-26(30)35)10-16-5-9-22(20(28)11-16)36-13-15-3-6-17(7-4-15)25(33)34/h2-12H,13H2,1H3,(H,33,34)(H,29,31,35)/b19-10+. The summed E-state index contributed by atoms with van der Waals surface area (Å²) in [4.78, 5) is 49.9. The average Bonchev–Trinajstić information content (AvgIpc) is 2.83. The van der Waals surface area contributed by atoms with Crippen molar-refractivity contribution in [2.45, 2.75) is 13.5 Å². The van der Waals surface area contributed by atoms with E-state index in [-0.39, 0.29) is 28.5 Å². The van der Waals surface area contributed by atoms with Gasteiger partial charge in [-0.1, -0.05) is 47.5 Å². The Balaban J connectivity index is 1.55. The number of carboxylic acids is 1. The number of carboxylic acid groups (broad SMARTS) is 1. The van der Waals surface area contributed by atoms with E-state index < -0.39 is 23.8 Å². The van der Waals surface area contributed by atoms with Crippen LogP contribution in [-0.2, 0) is 16.2 Å². The molecule has 3 aromatic carbocycles. The van der Waals surface area contributed by atoms with Crippen molar-refractivity contribution in [3.8, 4) is 5.75 Å². The van der Waals surface area contributed by atoms with Gasteiger partial charge in [-0.05, 0) is 66.1 Å². The Morgan fingerprint density at radius 1 is 1.03 bits per heavy atom. The minimum Gasteiger partial charge on any atom is -0.487 e. The predicted molar refractivity (Wildman–Crippen MR) is 134 cm³/mol. The van der Waals surface area contributed by atoms with E-state index in [0.717, 1.165) is 10.5 Å². The highest BCUT2D eigenvalue weighted by Crippen LogP contribution is 2.30. The van der Waals surface area contributed by atoms with Crippen LogP contribution < -0.4 is 15.0 Å². The number of nitrogens with one attached hydrogen (secondary N) is 1. The second-order valence-corrected chi connectivity index (χ2v) is 8.71. The molecule has 1 heterocycles. The van der Waals surface area contributed by atoms with Gasteiger partial charge in [0.2, 0.25) is 0 Å². The Bertz CT molecular complexity index is 1430. The lowest BCUT2D eigenvalue weighted by atomic mass is 10.1. The smallest absolute Gasteiger partial charge is 0.335 e. The molecule has 8 nitrogen and oxygen atoms in total. The molecule has 4 rings (SSSR count). The van der Waals surface area contributed by atoms with E-state index in [2.05, 4.69) is 5.32 Å². The lowest BCUT2D eigenvalue weighted by molar-refractivity contribution is -0.122. The van der Waals surface area contributed by atoms with Crippen LogP contribution in [0.15, 0.2) is 66.2 Å². The Hall–Kier alpha value is -4.14. The van der Waals surface area contributed by atoms with Gasteiger partial charge in [-0.15, -0.1) is 0 Å². The number of rotatable bonds is 6. The Morgan fingerprint density at radius 3 is 2.42 bits per heavy atom. The predicted octanol–water partition coefficient (Wildman–Crippen LogP) is 5.25. The number of ether oxygens (including phenoxy) is 1. The van der Waals surface area contributed by atoms with Crippen molar-refractivity contribution in [3.63, 3.8) is 0 Å². The summed E-state index contributed by atoms with van der Waals surface area (Å²) in [5.74, 6) is -2.29. The van der Waals surface area contributed by atoms with Gasteiger partial charge >= 0.3 is 12.0 Å². The van der Waals surface area contributed by atoms with Crippen LogP contribution in [0.4, 0.5) is 10.5 Å². The van der Waals surface area contributed by atoms with Crippen LogP contribution in [0.1, 0.15) is 27.0 Å². The molecule has 1 saturated heterocycles. The molecule has 1 aliphatic heterocycles. The first-order chi connectivity index (χ1) is 17.1. The topological polar surface area (TPSA) is 113 Å². The van der Waals surface area contributed by atoms with Crippen molar-refractivity contribution in [3.05, 3.63) is 98.5 Å². The maximum Gasteiger partial charge on any atom is 0.335 e. The van der Waals surface area contributed by atoms with Gasteiger partial charge in [0, 0.05) is 5.02 Å². The number of carbonyl (C=O) groups excluding carboxylic acids is 3. The molecule has 0 spiro atoms. The molecule has 4 amide bonds. The van der Waals surface area contributed by atoms with E-state index in [1.165, 1.54) is 30.3 Å². The number of aryl methyl sites for hydroxylation is 1. The molecular weight excluding hydrogens is 507 g/mol. The van der Waals surface area contributed by atoms with Crippen LogP contribution in [0.3, 0.4) is 0 Å². The molecule has 0 aliphatic carbocycles. The van der Waals surface area contributed by atoms with Crippen LogP contribution in [0.2, 0.25) is 10.0 Å². The lowest BCUT2D eigenvalue weighted by Gasteiger charge is -2.27. The summed E-state index contributed by atoms with van der Waals surface area (Å²) < 4.78 is 5.71. The van der Waals surface area contributed by atoms with Gasteiger partial charge < -0.3 is 9.84 Å². The minimum absolute atomic E-state index is 0.150. The van der Waals surface area contributed by atoms with Gasteiger partial charge in [-0.2, -0.15) is 0 Å². The molecule has 182 valence electrons. The Morgan fingerprint density at radius 2 is 1.75 bits per heavy atom. The van der Waals surface area contributed by atoms with E-state index in [4.69, 9.17) is 33.0 Å². The molecule has 0 atom stereocenters. The summed E-state index contributed by atoms with van der Waals surface area (Å²) in [5, 5.41) is 11.7. The number of halogens is 2. The SMILES string of the molecule is Cc1ccc(Cl)cc1N1C(=O)NC(=O)/C(=C\c2ccc(OCc3ccc(C(=O)O)cc3)c(Cl)c2)C1=O. The zero-order chi connectivity index (χ0) is 26.0. The van der Waals surface area contributed by atoms with E-state index in [0.29, 0.717) is 21.9 Å². The fraction of sp³-hybridized carbons (Fsp3) is 0.0769. The molecule has 0 radical (unpaired) electrons. The van der Waals surface area contributed by atoms with Crippen molar-refractivity contribution >= 4 is 58.8 Å². The van der Waals surface area contributed by atoms with Crippen LogP contribution in [0.5, 0.6) is 5.75 Å². The number of hydrogen-bond acceptors (Lipinski definition) is 5. The summed E-state index contributed by atoms with van der Waals surface area (Å²) in [6.07, 6.45) is 1.33. The summed E-state index contributed by atoms with van der Waals surface area (Å²) in [6.45, 7) is 1.86. The third-order valence-corrected chi connectivity index (χ3v) is 5.91. The number of carbonyl (C=O) groups is 4. The number of imide groups is 2. The fourth-order valence-corrected chi connectivity index (χ4v) is 3.90. The number of anilines is 1. The largest absolute Gasteiger partial charge is 0.487 e. The first-order valence-corrected chi connectivity index (χ1v) is 11.3. The third-order valence-electron chi connectivity index (χ3n) is 5.38. The first kappa shape index (κ1) is 25.0. The molecule has 2 N–H and O–H groups in total. The van der Waals surface area contributed by atoms with Crippen LogP contribution >= 0.6 is 23.2 Å². The van der Waals surface area contributed by atoms with E-state index >= 15 is 0 Å². The maximum atomic E-state index is 13.1. The number of urea groups is 1. The van der Waals surface area contributed by atoms with E-state index in [9.17, 15) is 19.2 Å². The molecule has 10 heteroatoms. The monoisotopic (exact) mass is 524 g/mol. The summed E-state index contributed by atoms with van der Waals surface area (Å²) in [6, 6.07) is 14.8. The summed E-state index contributed by atoms with van der Waals surface area (Å²) >= 11 is 12.4. The van der Waals surface area contributed by atoms with Gasteiger partial charge in [-0.3, -0.25) is 14.9 Å². The third kappa shape index (κ3) is 5.25. The maximum absolute atomic E-state index is 13.1. The molecule has 0 bridgehead atoms. The highest BCUT2D eigenvalue weighted by atomic mass is 35.5. The minimum atomic E-state index is -1.02. The second kappa shape index (κ2) is 10.2. The molecular formula is C26H18Cl2N2O6. The second-order valence-electron chi connectivity index (χ2n) is 7.87. The highest BCUT2D eigenvalue weighted by molar-refractivity contribution is 6.40. The Labute approximate surface area is 215 Å². The molecule has 1 aliphatic rings. The van der Waals surface area contributed by atoms with Gasteiger partial charge in [0.25, 0.3) is 11.8 Å². The molecule has 0 unspecified atom stereocenters. The van der Waals surface area contributed by atoms with E-state index in [1.54, 1.807) is 43.3 Å². The molecule has 36 heavy (non-hydrogen) atoms. The number of hydrogen-bond donors (Lipinski definition) is 2. The number of barbiturate groups is 1. The number of benzene rings is 3. The molecule has 1 fully saturated rings. The van der Waals surface area contributed by atoms with Gasteiger partial charge in [-0.25, -0.2) is 14.5 Å². The quantitative estimate of drug-likeness (QED) is 0.336. The molecule has 0 aromatic heterocycles. The zero-order valence-corrected chi connectivity index (χ0v) is 20.3. The van der Waals surface area contributed by atoms with Gasteiger partial charge in [0.05, 0.1) is 16.3 Å².